The first-order valence-corrected chi connectivity index (χ1v) is 26.5. The lowest BCUT2D eigenvalue weighted by Crippen LogP contribution is -2.59. The van der Waals surface area contributed by atoms with E-state index in [1.165, 1.54) is 23.9 Å². The van der Waals surface area contributed by atoms with E-state index in [0.717, 1.165) is 5.56 Å². The van der Waals surface area contributed by atoms with Crippen LogP contribution in [0.5, 0.6) is 5.75 Å². The van der Waals surface area contributed by atoms with Crippen molar-refractivity contribution in [2.45, 2.75) is 125 Å². The number of aliphatic carboxylic acids is 1. The third-order valence-corrected chi connectivity index (χ3v) is 14.1. The van der Waals surface area contributed by atoms with Crippen molar-refractivity contribution in [1.29, 1.82) is 0 Å². The molecule has 0 aliphatic carbocycles. The number of aromatic hydroxyl groups is 1. The van der Waals surface area contributed by atoms with Crippen LogP contribution in [0.15, 0.2) is 83.9 Å². The Morgan fingerprint density at radius 2 is 1.24 bits per heavy atom. The van der Waals surface area contributed by atoms with Crippen molar-refractivity contribution in [2.75, 3.05) is 30.7 Å². The zero-order chi connectivity index (χ0) is 55.3. The number of carboxylic acid groups (broad SMARTS) is 1. The Morgan fingerprint density at radius 1 is 0.671 bits per heavy atom. The van der Waals surface area contributed by atoms with Gasteiger partial charge < -0.3 is 75.7 Å². The highest BCUT2D eigenvalue weighted by Gasteiger charge is 2.39. The Balaban J connectivity index is 1.53. The summed E-state index contributed by atoms with van der Waals surface area (Å²) in [7, 11) is 0. The van der Waals surface area contributed by atoms with Gasteiger partial charge in [-0.05, 0) is 92.3 Å². The predicted octanol–water partition coefficient (Wildman–Crippen LogP) is -0.485. The Bertz CT molecular complexity index is 2500. The summed E-state index contributed by atoms with van der Waals surface area (Å²) in [6.45, 7) is 3.37. The minimum atomic E-state index is -1.47. The molecule has 2 heterocycles. The van der Waals surface area contributed by atoms with Crippen LogP contribution in [0.25, 0.3) is 0 Å². The molecule has 3 aromatic rings. The first kappa shape index (κ1) is 59.4. The van der Waals surface area contributed by atoms with Crippen molar-refractivity contribution in [3.63, 3.8) is 0 Å². The number of thioether (sulfide) groups is 1. The number of rotatable bonds is 15. The van der Waals surface area contributed by atoms with Crippen LogP contribution in [0.2, 0.25) is 0 Å². The minimum absolute atomic E-state index is 0.0147. The average Bonchev–Trinajstić information content (AvgIpc) is 3.74. The second-order valence-electron chi connectivity index (χ2n) is 19.3. The highest BCUT2D eigenvalue weighted by atomic mass is 32.2. The van der Waals surface area contributed by atoms with Crippen LogP contribution in [0.4, 0.5) is 5.69 Å². The molecule has 5 rings (SSSR count). The molecular formula is C52H73N13O10S. The molecule has 1 unspecified atom stereocenters. The summed E-state index contributed by atoms with van der Waals surface area (Å²) in [6, 6.07) is 12.8. The van der Waals surface area contributed by atoms with Gasteiger partial charge in [0, 0.05) is 36.7 Å². The molecule has 0 radical (unpaired) electrons. The number of fused-ring (bicyclic) bond motifs is 3. The number of amides is 7. The molecule has 1 fully saturated rings. The molecule has 0 saturated carbocycles. The minimum Gasteiger partial charge on any atom is -0.508 e. The summed E-state index contributed by atoms with van der Waals surface area (Å²) in [5.74, 6) is -7.66. The van der Waals surface area contributed by atoms with Gasteiger partial charge in [0.2, 0.25) is 41.4 Å². The van der Waals surface area contributed by atoms with Crippen LogP contribution < -0.4 is 65.5 Å². The number of hydrogen-bond donors (Lipinski definition) is 14. The monoisotopic (exact) mass is 1070 g/mol. The normalized spacial score (nSPS) is 24.6. The number of carbonyl (C=O) groups is 8. The molecular weight excluding hydrogens is 999 g/mol. The van der Waals surface area contributed by atoms with Gasteiger partial charge in [0.05, 0.1) is 18.0 Å². The Labute approximate surface area is 446 Å². The van der Waals surface area contributed by atoms with Crippen molar-refractivity contribution >= 4 is 70.7 Å². The van der Waals surface area contributed by atoms with E-state index in [9.17, 15) is 48.6 Å². The van der Waals surface area contributed by atoms with E-state index in [1.807, 2.05) is 26.0 Å². The van der Waals surface area contributed by atoms with Gasteiger partial charge in [-0.3, -0.25) is 38.6 Å². The lowest BCUT2D eigenvalue weighted by molar-refractivity contribution is -0.142. The van der Waals surface area contributed by atoms with Gasteiger partial charge in [0.15, 0.2) is 5.96 Å². The Hall–Kier alpha value is -7.44. The van der Waals surface area contributed by atoms with Crippen molar-refractivity contribution in [3.05, 3.63) is 95.6 Å². The van der Waals surface area contributed by atoms with Gasteiger partial charge in [0.1, 0.15) is 42.0 Å². The molecule has 0 spiro atoms. The number of nitrogens with zero attached hydrogens (tertiary/aromatic N) is 1. The number of hydrogen-bond acceptors (Lipinski definition) is 14. The highest BCUT2D eigenvalue weighted by Crippen LogP contribution is 2.43. The number of aliphatic imine (C=N–C) groups is 1. The van der Waals surface area contributed by atoms with Gasteiger partial charge in [0.25, 0.3) is 0 Å². The van der Waals surface area contributed by atoms with Crippen LogP contribution in [-0.4, -0.2) is 137 Å². The van der Waals surface area contributed by atoms with Crippen LogP contribution in [0.1, 0.15) is 81.4 Å². The Kier molecular flexibility index (Phi) is 23.1. The maximum atomic E-state index is 14.3. The van der Waals surface area contributed by atoms with E-state index in [-0.39, 0.29) is 81.4 Å². The van der Waals surface area contributed by atoms with Crippen molar-refractivity contribution in [2.24, 2.45) is 33.8 Å². The number of unbranched alkanes of at least 4 members (excludes halogenated alkanes) is 1. The quantitative estimate of drug-likeness (QED) is 0.0519. The summed E-state index contributed by atoms with van der Waals surface area (Å²) >= 11 is 1.24. The topological polar surface area (TPSA) is 390 Å². The fourth-order valence-corrected chi connectivity index (χ4v) is 10.1. The van der Waals surface area contributed by atoms with Gasteiger partial charge in [-0.15, -0.1) is 11.8 Å². The molecule has 412 valence electrons. The van der Waals surface area contributed by atoms with Crippen molar-refractivity contribution in [3.8, 4) is 5.75 Å². The first-order chi connectivity index (χ1) is 36.3. The molecule has 2 aliphatic rings. The maximum absolute atomic E-state index is 14.3. The van der Waals surface area contributed by atoms with E-state index in [0.29, 0.717) is 29.7 Å². The van der Waals surface area contributed by atoms with Crippen LogP contribution in [0, 0.1) is 5.92 Å². The second-order valence-corrected chi connectivity index (χ2v) is 20.5. The number of para-hydroxylation sites is 1. The maximum Gasteiger partial charge on any atom is 0.326 e. The molecule has 18 N–H and O–H groups in total. The fourth-order valence-electron chi connectivity index (χ4n) is 8.81. The lowest BCUT2D eigenvalue weighted by atomic mass is 9.93. The molecule has 0 bridgehead atoms. The number of phenolic OH excluding ortho intramolecular Hbond substituents is 1. The largest absolute Gasteiger partial charge is 0.508 e. The van der Waals surface area contributed by atoms with Gasteiger partial charge >= 0.3 is 5.97 Å². The first-order valence-electron chi connectivity index (χ1n) is 25.4. The molecule has 2 aliphatic heterocycles. The zero-order valence-corrected chi connectivity index (χ0v) is 43.6. The molecule has 1 saturated heterocycles. The van der Waals surface area contributed by atoms with E-state index in [1.54, 1.807) is 54.6 Å². The molecule has 7 amide bonds. The number of nitrogens with one attached hydrogen (secondary N) is 8. The summed E-state index contributed by atoms with van der Waals surface area (Å²) in [6.07, 6.45) is 0.979. The second kappa shape index (κ2) is 29.6. The molecule has 76 heavy (non-hydrogen) atoms. The third-order valence-electron chi connectivity index (χ3n) is 12.8. The molecule has 0 aromatic heterocycles. The number of nitrogens with two attached hydrogens (primary N) is 4. The van der Waals surface area contributed by atoms with Crippen molar-refractivity contribution in [1.82, 2.24) is 37.2 Å². The fraction of sp³-hybridized carbons (Fsp3) is 0.481. The number of carboxylic acids is 1. The SMILES string of the molecule is CC(C)C[C@@H]1NC(=O)[C@H](CCCN=C(N)N)NC(=O)[C@@H](N)CS[C@H]2Nc3ccccc3C2C[C@@H](C(=O)O)NC(=O)[C@H](CCCCN)NC(=O)[C@H](Cc2ccccc2)NC(=O)CNC(=O)[C@H](Cc2ccc(O)cc2)NC1=O. The number of phenols is 1. The summed E-state index contributed by atoms with van der Waals surface area (Å²) < 4.78 is 0. The van der Waals surface area contributed by atoms with E-state index < -0.39 is 107 Å². The predicted molar refractivity (Wildman–Crippen MR) is 288 cm³/mol. The van der Waals surface area contributed by atoms with Gasteiger partial charge in [-0.1, -0.05) is 74.5 Å². The zero-order valence-electron chi connectivity index (χ0n) is 42.8. The average molecular weight is 1070 g/mol. The van der Waals surface area contributed by atoms with Crippen LogP contribution in [-0.2, 0) is 51.2 Å². The lowest BCUT2D eigenvalue weighted by Gasteiger charge is -2.27. The van der Waals surface area contributed by atoms with E-state index in [2.05, 4.69) is 47.5 Å². The molecule has 23 nitrogen and oxygen atoms in total. The van der Waals surface area contributed by atoms with Crippen molar-refractivity contribution < 1.29 is 48.6 Å². The summed E-state index contributed by atoms with van der Waals surface area (Å²) in [5.41, 5.74) is 26.0. The van der Waals surface area contributed by atoms with Crippen LogP contribution in [0.3, 0.4) is 0 Å². The molecule has 9 atom stereocenters. The third kappa shape index (κ3) is 18.7. The smallest absolute Gasteiger partial charge is 0.326 e. The number of anilines is 1. The standard InChI is InChI=1S/C52H73N13O10S/c1-29(2)23-39-48(72)63-40(25-31-17-19-32(66)20-18-31)45(69)58-27-43(67)59-41(24-30-11-4-3-5-12-30)49(73)61-37(15-8-9-21-53)47(71)64-42(51(74)75)26-34-33-13-6-7-14-36(33)65-50(34)76-28-35(54)44(68)60-38(46(70)62-39)16-10-22-57-52(55)56/h3-7,11-14,17-20,29,34-35,37-42,50,65-66H,8-10,15-16,21-28,53-54H2,1-2H3,(H,58,69)(H,59,67)(H,60,68)(H,61,73)(H,62,70)(H,63,72)(H,64,71)(H,74,75)(H4,55,56,57)/t34?,35-,37-,38-,39-,40-,41-,42-,50+/m0/s1. The van der Waals surface area contributed by atoms with E-state index in [4.69, 9.17) is 22.9 Å². The Morgan fingerprint density at radius 3 is 1.89 bits per heavy atom. The molecule has 3 aromatic carbocycles. The number of benzene rings is 3. The number of guanidine groups is 1. The van der Waals surface area contributed by atoms with Gasteiger partial charge in [-0.25, -0.2) is 4.79 Å². The summed E-state index contributed by atoms with van der Waals surface area (Å²) in [4.78, 5) is 116. The highest BCUT2D eigenvalue weighted by molar-refractivity contribution is 8.00. The number of carbonyl (C=O) groups excluding carboxylic acids is 7. The molecule has 24 heteroatoms. The van der Waals surface area contributed by atoms with E-state index >= 15 is 0 Å². The summed E-state index contributed by atoms with van der Waals surface area (Å²) in [5, 5.41) is 42.3. The van der Waals surface area contributed by atoms with Gasteiger partial charge in [-0.2, -0.15) is 0 Å². The van der Waals surface area contributed by atoms with Crippen LogP contribution >= 0.6 is 11.8 Å².